The van der Waals surface area contributed by atoms with Crippen molar-refractivity contribution in [3.8, 4) is 28.3 Å². The van der Waals surface area contributed by atoms with Gasteiger partial charge in [0.25, 0.3) is 0 Å². The van der Waals surface area contributed by atoms with E-state index in [9.17, 15) is 0 Å². The van der Waals surface area contributed by atoms with Crippen LogP contribution in [0.25, 0.3) is 27.6 Å². The molecule has 172 valence electrons. The first kappa shape index (κ1) is 22.9. The number of fused-ring (bicyclic) bond motifs is 1. The summed E-state index contributed by atoms with van der Waals surface area (Å²) >= 11 is 0. The van der Waals surface area contributed by atoms with Crippen LogP contribution in [0.3, 0.4) is 0 Å². The van der Waals surface area contributed by atoms with Crippen LogP contribution in [-0.2, 0) is 0 Å². The van der Waals surface area contributed by atoms with Crippen LogP contribution in [0.2, 0.25) is 0 Å². The zero-order chi connectivity index (χ0) is 23.4. The summed E-state index contributed by atoms with van der Waals surface area (Å²) in [5.41, 5.74) is 3.49. The molecule has 4 rings (SSSR count). The summed E-state index contributed by atoms with van der Waals surface area (Å²) in [6.07, 6.45) is 4.32. The van der Waals surface area contributed by atoms with Crippen LogP contribution < -0.4 is 9.47 Å². The third-order valence-electron chi connectivity index (χ3n) is 6.13. The van der Waals surface area contributed by atoms with Crippen molar-refractivity contribution < 1.29 is 9.47 Å². The number of hydrogen-bond acceptors (Lipinski definition) is 3. The van der Waals surface area contributed by atoms with E-state index in [1.54, 1.807) is 7.11 Å². The largest absolute Gasteiger partial charge is 0.493 e. The predicted octanol–water partition coefficient (Wildman–Crippen LogP) is 6.80. The van der Waals surface area contributed by atoms with Crippen LogP contribution in [0.5, 0.6) is 11.5 Å². The Morgan fingerprint density at radius 2 is 1.48 bits per heavy atom. The van der Waals surface area contributed by atoms with Gasteiger partial charge in [-0.25, -0.2) is 0 Å². The molecule has 0 fully saturated rings. The van der Waals surface area contributed by atoms with Gasteiger partial charge >= 0.3 is 0 Å². The fraction of sp³-hybridized carbons (Fsp3) is 0.310. The predicted molar refractivity (Wildman–Crippen MR) is 138 cm³/mol. The average Bonchev–Trinajstić information content (AvgIpc) is 3.25. The number of aromatic nitrogens is 1. The minimum atomic E-state index is 0.489. The van der Waals surface area contributed by atoms with Gasteiger partial charge in [-0.15, -0.1) is 0 Å². The van der Waals surface area contributed by atoms with Crippen LogP contribution in [0.15, 0.2) is 79.1 Å². The summed E-state index contributed by atoms with van der Waals surface area (Å²) in [6, 6.07) is 24.2. The molecule has 1 heterocycles. The van der Waals surface area contributed by atoms with E-state index in [0.717, 1.165) is 23.7 Å². The molecule has 4 nitrogen and oxygen atoms in total. The van der Waals surface area contributed by atoms with Crippen molar-refractivity contribution in [3.05, 3.63) is 79.1 Å². The highest BCUT2D eigenvalue weighted by atomic mass is 16.5. The Bertz CT molecular complexity index is 1190. The number of nitrogens with zero attached hydrogens (tertiary/aromatic N) is 2. The van der Waals surface area contributed by atoms with E-state index in [1.807, 2.05) is 18.2 Å². The van der Waals surface area contributed by atoms with E-state index in [1.165, 1.54) is 21.9 Å². The Kier molecular flexibility index (Phi) is 7.05. The quantitative estimate of drug-likeness (QED) is 0.285. The monoisotopic (exact) mass is 442 g/mol. The summed E-state index contributed by atoms with van der Waals surface area (Å²) in [4.78, 5) is 2.43. The van der Waals surface area contributed by atoms with Gasteiger partial charge in [0.2, 0.25) is 0 Å². The lowest BCUT2D eigenvalue weighted by Crippen LogP contribution is -2.39. The summed E-state index contributed by atoms with van der Waals surface area (Å²) in [7, 11) is 1.69. The molecular formula is C29H34N2O2. The van der Waals surface area contributed by atoms with Crippen LogP contribution in [0.4, 0.5) is 0 Å². The zero-order valence-corrected chi connectivity index (χ0v) is 20.3. The van der Waals surface area contributed by atoms with Crippen LogP contribution in [-0.4, -0.2) is 41.8 Å². The van der Waals surface area contributed by atoms with Crippen molar-refractivity contribution in [2.45, 2.75) is 39.8 Å². The number of methoxy groups -OCH3 is 1. The van der Waals surface area contributed by atoms with Gasteiger partial charge in [-0.3, -0.25) is 4.90 Å². The molecule has 0 aliphatic heterocycles. The molecule has 0 radical (unpaired) electrons. The van der Waals surface area contributed by atoms with Gasteiger partial charge in [-0.05, 0) is 62.4 Å². The van der Waals surface area contributed by atoms with Crippen LogP contribution in [0, 0.1) is 0 Å². The van der Waals surface area contributed by atoms with Gasteiger partial charge in [0.05, 0.1) is 7.11 Å². The SMILES string of the molecule is COc1cc(-n2cc3ccc(-c4ccccc4)cc3c2)ccc1OCCN(C(C)C)C(C)C. The second-order valence-electron chi connectivity index (χ2n) is 8.98. The van der Waals surface area contributed by atoms with E-state index >= 15 is 0 Å². The van der Waals surface area contributed by atoms with Gasteiger partial charge in [-0.2, -0.15) is 0 Å². The molecule has 33 heavy (non-hydrogen) atoms. The molecule has 0 atom stereocenters. The van der Waals surface area contributed by atoms with Gasteiger partial charge in [0.1, 0.15) is 6.61 Å². The first-order chi connectivity index (χ1) is 16.0. The smallest absolute Gasteiger partial charge is 0.162 e. The molecule has 3 aromatic carbocycles. The molecule has 0 amide bonds. The van der Waals surface area contributed by atoms with Crippen molar-refractivity contribution in [1.82, 2.24) is 9.47 Å². The standard InChI is InChI=1S/C29H34N2O2/c1-21(2)31(22(3)4)15-16-33-28-14-13-27(18-29(28)32-5)30-19-25-12-11-24(17-26(25)20-30)23-9-7-6-8-10-23/h6-14,17-22H,15-16H2,1-5H3. The number of ether oxygens (including phenoxy) is 2. The van der Waals surface area contributed by atoms with Crippen LogP contribution in [0.1, 0.15) is 27.7 Å². The van der Waals surface area contributed by atoms with Crippen LogP contribution >= 0.6 is 0 Å². The highest BCUT2D eigenvalue weighted by Crippen LogP contribution is 2.31. The normalized spacial score (nSPS) is 11.6. The molecule has 4 heteroatoms. The Labute approximate surface area is 197 Å². The lowest BCUT2D eigenvalue weighted by molar-refractivity contribution is 0.140. The molecule has 1 aromatic heterocycles. The highest BCUT2D eigenvalue weighted by molar-refractivity contribution is 5.87. The third-order valence-corrected chi connectivity index (χ3v) is 6.13. The lowest BCUT2D eigenvalue weighted by atomic mass is 10.0. The van der Waals surface area contributed by atoms with Crippen molar-refractivity contribution in [2.75, 3.05) is 20.3 Å². The van der Waals surface area contributed by atoms with E-state index in [2.05, 4.69) is 98.1 Å². The summed E-state index contributed by atoms with van der Waals surface area (Å²) in [5.74, 6) is 1.52. The summed E-state index contributed by atoms with van der Waals surface area (Å²) < 4.78 is 13.9. The second-order valence-corrected chi connectivity index (χ2v) is 8.98. The molecule has 0 saturated heterocycles. The van der Waals surface area contributed by atoms with Gasteiger partial charge in [-0.1, -0.05) is 42.5 Å². The molecule has 0 aliphatic carbocycles. The molecule has 0 N–H and O–H groups in total. The second kappa shape index (κ2) is 10.1. The van der Waals surface area contributed by atoms with Crippen molar-refractivity contribution in [3.63, 3.8) is 0 Å². The third kappa shape index (κ3) is 5.23. The van der Waals surface area contributed by atoms with Crippen molar-refractivity contribution in [1.29, 1.82) is 0 Å². The Morgan fingerprint density at radius 1 is 0.758 bits per heavy atom. The minimum absolute atomic E-state index is 0.489. The molecular weight excluding hydrogens is 408 g/mol. The molecule has 0 aliphatic rings. The van der Waals surface area contributed by atoms with E-state index in [4.69, 9.17) is 9.47 Å². The maximum Gasteiger partial charge on any atom is 0.162 e. The fourth-order valence-corrected chi connectivity index (χ4v) is 4.41. The summed E-state index contributed by atoms with van der Waals surface area (Å²) in [5, 5.41) is 2.41. The van der Waals surface area contributed by atoms with Crippen molar-refractivity contribution >= 4 is 10.8 Å². The minimum Gasteiger partial charge on any atom is -0.493 e. The van der Waals surface area contributed by atoms with E-state index in [0.29, 0.717) is 18.7 Å². The van der Waals surface area contributed by atoms with E-state index < -0.39 is 0 Å². The Hall–Kier alpha value is -3.24. The van der Waals surface area contributed by atoms with Gasteiger partial charge in [0.15, 0.2) is 11.5 Å². The summed E-state index contributed by atoms with van der Waals surface area (Å²) in [6.45, 7) is 10.4. The number of hydrogen-bond donors (Lipinski definition) is 0. The lowest BCUT2D eigenvalue weighted by Gasteiger charge is -2.30. The van der Waals surface area contributed by atoms with E-state index in [-0.39, 0.29) is 0 Å². The fourth-order valence-electron chi connectivity index (χ4n) is 4.41. The number of benzene rings is 3. The zero-order valence-electron chi connectivity index (χ0n) is 20.3. The molecule has 0 saturated carbocycles. The topological polar surface area (TPSA) is 26.6 Å². The van der Waals surface area contributed by atoms with Gasteiger partial charge in [0, 0.05) is 48.2 Å². The first-order valence-electron chi connectivity index (χ1n) is 11.7. The Morgan fingerprint density at radius 3 is 2.18 bits per heavy atom. The maximum atomic E-state index is 6.10. The first-order valence-corrected chi connectivity index (χ1v) is 11.7. The highest BCUT2D eigenvalue weighted by Gasteiger charge is 2.14. The maximum absolute atomic E-state index is 6.10. The van der Waals surface area contributed by atoms with Crippen molar-refractivity contribution in [2.24, 2.45) is 0 Å². The molecule has 0 bridgehead atoms. The molecule has 0 unspecified atom stereocenters. The average molecular weight is 443 g/mol. The Balaban J connectivity index is 1.53. The molecule has 0 spiro atoms. The number of rotatable bonds is 9. The van der Waals surface area contributed by atoms with Gasteiger partial charge < -0.3 is 14.0 Å². The molecule has 4 aromatic rings.